The van der Waals surface area contributed by atoms with Crippen molar-refractivity contribution >= 4 is 5.91 Å². The van der Waals surface area contributed by atoms with Crippen molar-refractivity contribution in [3.8, 4) is 5.75 Å². The van der Waals surface area contributed by atoms with Gasteiger partial charge in [-0.25, -0.2) is 0 Å². The Hall–Kier alpha value is -2.37. The maximum atomic E-state index is 12.6. The summed E-state index contributed by atoms with van der Waals surface area (Å²) >= 11 is 0. The predicted molar refractivity (Wildman–Crippen MR) is 111 cm³/mol. The number of hydrogen-bond acceptors (Lipinski definition) is 4. The number of rotatable bonds is 7. The van der Waals surface area contributed by atoms with Crippen LogP contribution in [-0.2, 0) is 6.42 Å². The number of amides is 1. The molecule has 1 atom stereocenters. The van der Waals surface area contributed by atoms with Gasteiger partial charge < -0.3 is 14.7 Å². The van der Waals surface area contributed by atoms with Gasteiger partial charge in [0.15, 0.2) is 0 Å². The minimum absolute atomic E-state index is 0.0885. The standard InChI is InChI=1S/C23H30N2O3/c1-3-19-6-8-20(9-7-19)23(27)25-14-12-24(13-15-25)16-21(26)17-28-22-10-4-18(2)5-11-22/h4-11,21,26H,3,12-17H2,1-2H3. The molecule has 3 rings (SSSR count). The van der Waals surface area contributed by atoms with Gasteiger partial charge in [-0.3, -0.25) is 9.69 Å². The third-order valence-corrected chi connectivity index (χ3v) is 5.20. The van der Waals surface area contributed by atoms with Crippen LogP contribution >= 0.6 is 0 Å². The first-order chi connectivity index (χ1) is 13.5. The van der Waals surface area contributed by atoms with E-state index >= 15 is 0 Å². The predicted octanol–water partition coefficient (Wildman–Crippen LogP) is 2.76. The summed E-state index contributed by atoms with van der Waals surface area (Å²) in [4.78, 5) is 16.7. The van der Waals surface area contributed by atoms with Crippen LogP contribution < -0.4 is 4.74 Å². The van der Waals surface area contributed by atoms with E-state index in [2.05, 4.69) is 11.8 Å². The lowest BCUT2D eigenvalue weighted by atomic mass is 10.1. The van der Waals surface area contributed by atoms with Gasteiger partial charge in [0.2, 0.25) is 0 Å². The molecule has 0 radical (unpaired) electrons. The monoisotopic (exact) mass is 382 g/mol. The van der Waals surface area contributed by atoms with Gasteiger partial charge in [0.05, 0.1) is 0 Å². The molecule has 1 N–H and O–H groups in total. The molecule has 2 aromatic carbocycles. The second-order valence-electron chi connectivity index (χ2n) is 7.42. The molecule has 1 aliphatic rings. The van der Waals surface area contributed by atoms with Gasteiger partial charge in [-0.1, -0.05) is 36.8 Å². The number of carbonyl (C=O) groups is 1. The zero-order valence-corrected chi connectivity index (χ0v) is 16.8. The highest BCUT2D eigenvalue weighted by Crippen LogP contribution is 2.13. The molecule has 2 aromatic rings. The van der Waals surface area contributed by atoms with E-state index in [9.17, 15) is 9.90 Å². The fourth-order valence-electron chi connectivity index (χ4n) is 3.38. The highest BCUT2D eigenvalue weighted by atomic mass is 16.5. The Morgan fingerprint density at radius 2 is 1.68 bits per heavy atom. The molecule has 1 saturated heterocycles. The van der Waals surface area contributed by atoms with Crippen molar-refractivity contribution in [1.82, 2.24) is 9.80 Å². The molecule has 5 nitrogen and oxygen atoms in total. The number of benzene rings is 2. The Kier molecular flexibility index (Phi) is 7.06. The third kappa shape index (κ3) is 5.57. The van der Waals surface area contributed by atoms with Crippen molar-refractivity contribution < 1.29 is 14.6 Å². The number of aliphatic hydroxyl groups is 1. The summed E-state index contributed by atoms with van der Waals surface area (Å²) in [5, 5.41) is 10.3. The molecule has 0 aromatic heterocycles. The first-order valence-electron chi connectivity index (χ1n) is 10.0. The summed E-state index contributed by atoms with van der Waals surface area (Å²) in [6, 6.07) is 15.7. The number of β-amino-alcohol motifs (C(OH)–C–C–N with tert-alkyl or cyclic N) is 1. The van der Waals surface area contributed by atoms with Gasteiger partial charge in [0.25, 0.3) is 5.91 Å². The van der Waals surface area contributed by atoms with E-state index in [1.54, 1.807) is 0 Å². The van der Waals surface area contributed by atoms with E-state index in [0.717, 1.165) is 30.8 Å². The van der Waals surface area contributed by atoms with Crippen molar-refractivity contribution in [3.63, 3.8) is 0 Å². The van der Waals surface area contributed by atoms with Crippen LogP contribution in [0.25, 0.3) is 0 Å². The maximum absolute atomic E-state index is 12.6. The first kappa shape index (κ1) is 20.4. The molecule has 150 valence electrons. The normalized spacial score (nSPS) is 16.0. The number of carbonyl (C=O) groups excluding carboxylic acids is 1. The highest BCUT2D eigenvalue weighted by molar-refractivity contribution is 5.94. The second-order valence-corrected chi connectivity index (χ2v) is 7.42. The average Bonchev–Trinajstić information content (AvgIpc) is 2.73. The van der Waals surface area contributed by atoms with Crippen LogP contribution in [0.1, 0.15) is 28.4 Å². The molecular weight excluding hydrogens is 352 g/mol. The molecule has 1 amide bonds. The highest BCUT2D eigenvalue weighted by Gasteiger charge is 2.23. The van der Waals surface area contributed by atoms with E-state index in [1.165, 1.54) is 11.1 Å². The van der Waals surface area contributed by atoms with E-state index < -0.39 is 6.10 Å². The van der Waals surface area contributed by atoms with E-state index in [-0.39, 0.29) is 12.5 Å². The molecule has 1 heterocycles. The fourth-order valence-corrected chi connectivity index (χ4v) is 3.38. The quantitative estimate of drug-likeness (QED) is 0.800. The zero-order chi connectivity index (χ0) is 19.9. The van der Waals surface area contributed by atoms with Crippen LogP contribution in [0.3, 0.4) is 0 Å². The molecule has 1 fully saturated rings. The first-order valence-corrected chi connectivity index (χ1v) is 10.0. The van der Waals surface area contributed by atoms with E-state index in [4.69, 9.17) is 4.74 Å². The minimum Gasteiger partial charge on any atom is -0.491 e. The molecule has 0 bridgehead atoms. The number of ether oxygens (including phenoxy) is 1. The second kappa shape index (κ2) is 9.71. The Morgan fingerprint density at radius 1 is 1.04 bits per heavy atom. The number of aryl methyl sites for hydroxylation is 2. The number of nitrogens with zero attached hydrogens (tertiary/aromatic N) is 2. The zero-order valence-electron chi connectivity index (χ0n) is 16.8. The lowest BCUT2D eigenvalue weighted by molar-refractivity contribution is 0.0403. The van der Waals surface area contributed by atoms with Crippen LogP contribution in [0.4, 0.5) is 0 Å². The van der Waals surface area contributed by atoms with Gasteiger partial charge in [0, 0.05) is 38.3 Å². The summed E-state index contributed by atoms with van der Waals surface area (Å²) in [5.41, 5.74) is 3.17. The maximum Gasteiger partial charge on any atom is 0.253 e. The van der Waals surface area contributed by atoms with Crippen molar-refractivity contribution in [2.24, 2.45) is 0 Å². The number of piperazine rings is 1. The van der Waals surface area contributed by atoms with Gasteiger partial charge in [-0.05, 0) is 43.2 Å². The Bertz CT molecular complexity index is 750. The van der Waals surface area contributed by atoms with Crippen molar-refractivity contribution in [3.05, 3.63) is 65.2 Å². The molecule has 28 heavy (non-hydrogen) atoms. The summed E-state index contributed by atoms with van der Waals surface area (Å²) in [5.74, 6) is 0.861. The molecule has 0 aliphatic carbocycles. The van der Waals surface area contributed by atoms with E-state index in [0.29, 0.717) is 19.6 Å². The summed E-state index contributed by atoms with van der Waals surface area (Å²) in [6.07, 6.45) is 0.425. The van der Waals surface area contributed by atoms with Crippen molar-refractivity contribution in [1.29, 1.82) is 0 Å². The molecule has 1 unspecified atom stereocenters. The summed E-state index contributed by atoms with van der Waals surface area (Å²) in [6.45, 7) is 7.85. The molecule has 1 aliphatic heterocycles. The Morgan fingerprint density at radius 3 is 2.29 bits per heavy atom. The van der Waals surface area contributed by atoms with Crippen LogP contribution in [0, 0.1) is 6.92 Å². The Labute approximate surface area is 167 Å². The smallest absolute Gasteiger partial charge is 0.253 e. The van der Waals surface area contributed by atoms with Crippen LogP contribution in [0.2, 0.25) is 0 Å². The largest absolute Gasteiger partial charge is 0.491 e. The van der Waals surface area contributed by atoms with Gasteiger partial charge >= 0.3 is 0 Å². The van der Waals surface area contributed by atoms with Gasteiger partial charge in [0.1, 0.15) is 18.5 Å². The number of aliphatic hydroxyl groups excluding tert-OH is 1. The van der Waals surface area contributed by atoms with Crippen LogP contribution in [0.5, 0.6) is 5.75 Å². The fraction of sp³-hybridized carbons (Fsp3) is 0.435. The van der Waals surface area contributed by atoms with Crippen molar-refractivity contribution in [2.75, 3.05) is 39.3 Å². The Balaban J connectivity index is 1.41. The van der Waals surface area contributed by atoms with Crippen LogP contribution in [0.15, 0.2) is 48.5 Å². The SMILES string of the molecule is CCc1ccc(C(=O)N2CCN(CC(O)COc3ccc(C)cc3)CC2)cc1. The molecule has 5 heteroatoms. The van der Waals surface area contributed by atoms with Crippen molar-refractivity contribution in [2.45, 2.75) is 26.4 Å². The van der Waals surface area contributed by atoms with E-state index in [1.807, 2.05) is 60.4 Å². The lowest BCUT2D eigenvalue weighted by Crippen LogP contribution is -2.50. The molecular formula is C23H30N2O3. The summed E-state index contributed by atoms with van der Waals surface area (Å²) in [7, 11) is 0. The minimum atomic E-state index is -0.551. The third-order valence-electron chi connectivity index (χ3n) is 5.20. The molecule has 0 spiro atoms. The van der Waals surface area contributed by atoms with Gasteiger partial charge in [-0.15, -0.1) is 0 Å². The number of hydrogen-bond donors (Lipinski definition) is 1. The summed E-state index contributed by atoms with van der Waals surface area (Å²) < 4.78 is 5.66. The lowest BCUT2D eigenvalue weighted by Gasteiger charge is -2.35. The van der Waals surface area contributed by atoms with Gasteiger partial charge in [-0.2, -0.15) is 0 Å². The average molecular weight is 383 g/mol. The molecule has 0 saturated carbocycles. The van der Waals surface area contributed by atoms with Crippen LogP contribution in [-0.4, -0.2) is 66.2 Å². The topological polar surface area (TPSA) is 53.0 Å².